The zero-order valence-corrected chi connectivity index (χ0v) is 18.7. The minimum Gasteiger partial charge on any atom is -0.349 e. The molecule has 0 aromatic rings. The Morgan fingerprint density at radius 3 is 1.11 bits per heavy atom. The molecule has 0 radical (unpaired) electrons. The Morgan fingerprint density at radius 2 is 0.857 bits per heavy atom. The van der Waals surface area contributed by atoms with Crippen molar-refractivity contribution in [1.82, 2.24) is 30.2 Å². The van der Waals surface area contributed by atoms with E-state index in [0.29, 0.717) is 25.0 Å². The van der Waals surface area contributed by atoms with Gasteiger partial charge in [0.1, 0.15) is 0 Å². The average molecular weight is 399 g/mol. The van der Waals surface area contributed by atoms with Gasteiger partial charge in [0.15, 0.2) is 0 Å². The number of urea groups is 2. The molecule has 0 spiro atoms. The summed E-state index contributed by atoms with van der Waals surface area (Å²) < 4.78 is 0. The molecule has 0 saturated carbocycles. The van der Waals surface area contributed by atoms with E-state index in [1.807, 2.05) is 56.4 Å². The minimum atomic E-state index is -0.333. The van der Waals surface area contributed by atoms with E-state index in [2.05, 4.69) is 20.6 Å². The van der Waals surface area contributed by atoms with Crippen LogP contribution in [0.15, 0.2) is 9.98 Å². The summed E-state index contributed by atoms with van der Waals surface area (Å²) in [4.78, 5) is 38.9. The van der Waals surface area contributed by atoms with Gasteiger partial charge >= 0.3 is 12.1 Å². The molecule has 0 bridgehead atoms. The lowest BCUT2D eigenvalue weighted by Crippen LogP contribution is -2.37. The molecule has 0 heterocycles. The Hall–Kier alpha value is -2.52. The Morgan fingerprint density at radius 1 is 0.571 bits per heavy atom. The summed E-state index contributed by atoms with van der Waals surface area (Å²) in [6.07, 6.45) is 3.69. The Kier molecular flexibility index (Phi) is 12.4. The van der Waals surface area contributed by atoms with Gasteiger partial charge in [0.25, 0.3) is 0 Å². The predicted octanol–water partition coefficient (Wildman–Crippen LogP) is 0.924. The van der Waals surface area contributed by atoms with Crippen LogP contribution in [0.3, 0.4) is 0 Å². The lowest BCUT2D eigenvalue weighted by molar-refractivity contribution is 0.247. The normalized spacial score (nSPS) is 9.86. The lowest BCUT2D eigenvalue weighted by Gasteiger charge is -2.22. The maximum atomic E-state index is 11.8. The maximum Gasteiger partial charge on any atom is 0.344 e. The van der Waals surface area contributed by atoms with Crippen LogP contribution < -0.4 is 10.6 Å². The quantitative estimate of drug-likeness (QED) is 0.376. The molecule has 0 aromatic carbocycles. The van der Waals surface area contributed by atoms with E-state index in [-0.39, 0.29) is 12.1 Å². The molecule has 2 N–H and O–H groups in total. The van der Waals surface area contributed by atoms with E-state index in [4.69, 9.17) is 0 Å². The van der Waals surface area contributed by atoms with Gasteiger partial charge in [0.2, 0.25) is 11.9 Å². The number of nitrogens with one attached hydrogen (secondary N) is 2. The molecule has 0 unspecified atom stereocenters. The number of rotatable bonds is 7. The summed E-state index contributed by atoms with van der Waals surface area (Å²) in [5.41, 5.74) is 0. The molecule has 0 aliphatic carbocycles. The fourth-order valence-electron chi connectivity index (χ4n) is 2.45. The molecule has 4 amide bonds. The van der Waals surface area contributed by atoms with Gasteiger partial charge in [-0.2, -0.15) is 9.98 Å². The fraction of sp³-hybridized carbons (Fsp3) is 0.778. The third-order valence-corrected chi connectivity index (χ3v) is 3.66. The molecular weight excluding hydrogens is 360 g/mol. The highest BCUT2D eigenvalue weighted by atomic mass is 16.2. The standard InChI is InChI=1S/C18H38N8O2/c1-23(2)17(24(3)4)21-15(27)19-13-11-9-10-12-14-20-16(28)22-18(25(5)6)26(7)8/h9-14H2,1-8H3,(H,19,27)(H,20,28). The van der Waals surface area contributed by atoms with Crippen LogP contribution in [-0.2, 0) is 0 Å². The first-order chi connectivity index (χ1) is 13.1. The summed E-state index contributed by atoms with van der Waals surface area (Å²) in [6, 6.07) is -0.666. The molecule has 162 valence electrons. The third-order valence-electron chi connectivity index (χ3n) is 3.66. The molecule has 0 fully saturated rings. The van der Waals surface area contributed by atoms with Crippen LogP contribution in [0.2, 0.25) is 0 Å². The molecule has 0 saturated heterocycles. The Labute approximate surface area is 169 Å². The highest BCUT2D eigenvalue weighted by molar-refractivity contribution is 5.92. The number of unbranched alkanes of at least 4 members (excludes halogenated alkanes) is 3. The van der Waals surface area contributed by atoms with Gasteiger partial charge in [-0.25, -0.2) is 9.59 Å². The fourth-order valence-corrected chi connectivity index (χ4v) is 2.45. The largest absolute Gasteiger partial charge is 0.349 e. The predicted molar refractivity (Wildman–Crippen MR) is 115 cm³/mol. The van der Waals surface area contributed by atoms with Gasteiger partial charge in [0, 0.05) is 69.5 Å². The van der Waals surface area contributed by atoms with Crippen molar-refractivity contribution < 1.29 is 9.59 Å². The molecule has 10 nitrogen and oxygen atoms in total. The topological polar surface area (TPSA) is 95.9 Å². The lowest BCUT2D eigenvalue weighted by atomic mass is 10.2. The Bertz CT molecular complexity index is 474. The third kappa shape index (κ3) is 11.2. The molecule has 0 aromatic heterocycles. The van der Waals surface area contributed by atoms with E-state index in [1.165, 1.54) is 0 Å². The Balaban J connectivity index is 3.96. The van der Waals surface area contributed by atoms with Crippen LogP contribution >= 0.6 is 0 Å². The first-order valence-corrected chi connectivity index (χ1v) is 9.48. The maximum absolute atomic E-state index is 11.8. The molecule has 10 heteroatoms. The van der Waals surface area contributed by atoms with Gasteiger partial charge in [-0.05, 0) is 12.8 Å². The summed E-state index contributed by atoms with van der Waals surface area (Å²) in [6.45, 7) is 1.17. The molecule has 0 aliphatic rings. The van der Waals surface area contributed by atoms with Crippen molar-refractivity contribution in [3.8, 4) is 0 Å². The summed E-state index contributed by atoms with van der Waals surface area (Å²) in [5, 5.41) is 5.60. The van der Waals surface area contributed by atoms with Crippen molar-refractivity contribution in [2.45, 2.75) is 25.7 Å². The smallest absolute Gasteiger partial charge is 0.344 e. The molecule has 0 rings (SSSR count). The monoisotopic (exact) mass is 398 g/mol. The molecule has 28 heavy (non-hydrogen) atoms. The van der Waals surface area contributed by atoms with Gasteiger partial charge < -0.3 is 30.2 Å². The first kappa shape index (κ1) is 25.5. The number of nitrogens with zero attached hydrogens (tertiary/aromatic N) is 6. The van der Waals surface area contributed by atoms with Crippen LogP contribution in [0.4, 0.5) is 9.59 Å². The van der Waals surface area contributed by atoms with Gasteiger partial charge in [-0.15, -0.1) is 0 Å². The van der Waals surface area contributed by atoms with Crippen LogP contribution in [0.25, 0.3) is 0 Å². The zero-order valence-electron chi connectivity index (χ0n) is 18.7. The van der Waals surface area contributed by atoms with Crippen LogP contribution in [0, 0.1) is 0 Å². The number of amides is 4. The zero-order chi connectivity index (χ0) is 21.7. The number of guanidine groups is 2. The van der Waals surface area contributed by atoms with Gasteiger partial charge in [-0.1, -0.05) is 12.8 Å². The highest BCUT2D eigenvalue weighted by Gasteiger charge is 2.08. The number of aliphatic imine (C=N–C) groups is 2. The highest BCUT2D eigenvalue weighted by Crippen LogP contribution is 1.99. The second-order valence-corrected chi connectivity index (χ2v) is 7.28. The van der Waals surface area contributed by atoms with Gasteiger partial charge in [0.05, 0.1) is 0 Å². The average Bonchev–Trinajstić information content (AvgIpc) is 2.58. The van der Waals surface area contributed by atoms with E-state index < -0.39 is 0 Å². The second-order valence-electron chi connectivity index (χ2n) is 7.28. The molecular formula is C18H38N8O2. The van der Waals surface area contributed by atoms with Crippen molar-refractivity contribution in [2.75, 3.05) is 69.5 Å². The SMILES string of the molecule is CN(C)C(=NC(=O)NCCCCCCNC(=O)N=C(N(C)C)N(C)C)N(C)C. The number of hydrogen-bond acceptors (Lipinski definition) is 2. The second kappa shape index (κ2) is 13.6. The molecule has 0 aliphatic heterocycles. The van der Waals surface area contributed by atoms with E-state index >= 15 is 0 Å². The van der Waals surface area contributed by atoms with Crippen molar-refractivity contribution in [3.63, 3.8) is 0 Å². The van der Waals surface area contributed by atoms with Crippen molar-refractivity contribution in [1.29, 1.82) is 0 Å². The summed E-state index contributed by atoms with van der Waals surface area (Å²) >= 11 is 0. The van der Waals surface area contributed by atoms with Crippen LogP contribution in [0.5, 0.6) is 0 Å². The minimum absolute atomic E-state index is 0.333. The number of carbonyl (C=O) groups excluding carboxylic acids is 2. The molecule has 0 atom stereocenters. The van der Waals surface area contributed by atoms with Crippen molar-refractivity contribution in [3.05, 3.63) is 0 Å². The van der Waals surface area contributed by atoms with E-state index in [9.17, 15) is 9.59 Å². The van der Waals surface area contributed by atoms with E-state index in [1.54, 1.807) is 19.6 Å². The van der Waals surface area contributed by atoms with Crippen LogP contribution in [0.1, 0.15) is 25.7 Å². The van der Waals surface area contributed by atoms with Crippen LogP contribution in [-0.4, -0.2) is 113 Å². The van der Waals surface area contributed by atoms with Crippen molar-refractivity contribution >= 4 is 24.0 Å². The van der Waals surface area contributed by atoms with E-state index in [0.717, 1.165) is 25.7 Å². The number of hydrogen-bond donors (Lipinski definition) is 2. The van der Waals surface area contributed by atoms with Crippen molar-refractivity contribution in [2.24, 2.45) is 9.98 Å². The number of carbonyl (C=O) groups is 2. The first-order valence-electron chi connectivity index (χ1n) is 9.48. The summed E-state index contributed by atoms with van der Waals surface area (Å²) in [7, 11) is 14.8. The summed E-state index contributed by atoms with van der Waals surface area (Å²) in [5.74, 6) is 1.20. The van der Waals surface area contributed by atoms with Gasteiger partial charge in [-0.3, -0.25) is 0 Å².